The summed E-state index contributed by atoms with van der Waals surface area (Å²) in [4.78, 5) is 11.7. The summed E-state index contributed by atoms with van der Waals surface area (Å²) in [5.41, 5.74) is 2.87. The van der Waals surface area contributed by atoms with Gasteiger partial charge in [0.15, 0.2) is 11.5 Å². The lowest BCUT2D eigenvalue weighted by Crippen LogP contribution is -2.29. The maximum absolute atomic E-state index is 9.69. The molecule has 0 unspecified atom stereocenters. The van der Waals surface area contributed by atoms with Crippen molar-refractivity contribution in [2.75, 3.05) is 10.6 Å². The normalized spacial score (nSPS) is 19.9. The largest absolute Gasteiger partial charge is 0.495 e. The molecule has 0 bridgehead atoms. The summed E-state index contributed by atoms with van der Waals surface area (Å²) in [6, 6.07) is 9.57. The highest BCUT2D eigenvalue weighted by molar-refractivity contribution is 5.80. The van der Waals surface area contributed by atoms with Crippen molar-refractivity contribution in [3.05, 3.63) is 36.5 Å². The number of nitrogens with one attached hydrogen (secondary N) is 3. The fourth-order valence-electron chi connectivity index (χ4n) is 3.69. The number of pyridine rings is 2. The zero-order chi connectivity index (χ0) is 19.1. The van der Waals surface area contributed by atoms with Gasteiger partial charge in [0, 0.05) is 12.1 Å². The number of H-pyrrole nitrogens is 1. The molecule has 0 aliphatic heterocycles. The second kappa shape index (κ2) is 6.68. The number of nitrogens with zero attached hydrogens (tertiary/aromatic N) is 4. The first-order valence-electron chi connectivity index (χ1n) is 9.39. The van der Waals surface area contributed by atoms with Crippen LogP contribution in [0, 0.1) is 0 Å². The topological polar surface area (TPSA) is 123 Å². The van der Waals surface area contributed by atoms with Gasteiger partial charge in [0.1, 0.15) is 5.82 Å². The third-order valence-electron chi connectivity index (χ3n) is 5.12. The van der Waals surface area contributed by atoms with E-state index in [-0.39, 0.29) is 12.0 Å². The van der Waals surface area contributed by atoms with Crippen molar-refractivity contribution >= 4 is 34.1 Å². The number of aromatic hydroxyl groups is 1. The molecule has 0 amide bonds. The fourth-order valence-corrected chi connectivity index (χ4v) is 3.69. The lowest BCUT2D eigenvalue weighted by molar-refractivity contribution is 0.126. The molecule has 28 heavy (non-hydrogen) atoms. The molecular weight excluding hydrogens is 358 g/mol. The maximum atomic E-state index is 9.69. The molecule has 0 atom stereocenters. The number of aromatic amines is 1. The van der Waals surface area contributed by atoms with Crippen molar-refractivity contribution in [1.82, 2.24) is 24.6 Å². The molecule has 1 saturated carbocycles. The highest BCUT2D eigenvalue weighted by Crippen LogP contribution is 2.24. The first-order chi connectivity index (χ1) is 13.6. The van der Waals surface area contributed by atoms with Crippen LogP contribution >= 0.6 is 0 Å². The van der Waals surface area contributed by atoms with E-state index in [4.69, 9.17) is 0 Å². The molecule has 0 aromatic carbocycles. The predicted molar refractivity (Wildman–Crippen MR) is 106 cm³/mol. The van der Waals surface area contributed by atoms with Crippen LogP contribution in [-0.4, -0.2) is 46.9 Å². The van der Waals surface area contributed by atoms with Gasteiger partial charge in [0.2, 0.25) is 5.95 Å². The Morgan fingerprint density at radius 3 is 2.86 bits per heavy atom. The van der Waals surface area contributed by atoms with Crippen molar-refractivity contribution < 1.29 is 10.2 Å². The van der Waals surface area contributed by atoms with Crippen LogP contribution in [0.5, 0.6) is 5.88 Å². The number of hydrogen-bond donors (Lipinski definition) is 5. The molecular formula is C19H21N7O2. The molecule has 4 aromatic rings. The smallest absolute Gasteiger partial charge is 0.247 e. The van der Waals surface area contributed by atoms with Crippen molar-refractivity contribution in [2.24, 2.45) is 0 Å². The zero-order valence-corrected chi connectivity index (χ0v) is 15.1. The Balaban J connectivity index is 1.39. The van der Waals surface area contributed by atoms with Crippen LogP contribution in [0.4, 0.5) is 17.5 Å². The maximum Gasteiger partial charge on any atom is 0.247 e. The van der Waals surface area contributed by atoms with Gasteiger partial charge in [-0.25, -0.2) is 0 Å². The summed E-state index contributed by atoms with van der Waals surface area (Å²) in [6.07, 6.45) is 5.01. The minimum atomic E-state index is -0.177. The van der Waals surface area contributed by atoms with E-state index >= 15 is 0 Å². The van der Waals surface area contributed by atoms with E-state index in [1.165, 1.54) is 0 Å². The Labute approximate surface area is 160 Å². The molecule has 5 N–H and O–H groups in total. The number of aliphatic hydroxyl groups is 1. The highest BCUT2D eigenvalue weighted by Gasteiger charge is 2.20. The van der Waals surface area contributed by atoms with Gasteiger partial charge < -0.3 is 25.8 Å². The first kappa shape index (κ1) is 16.8. The summed E-state index contributed by atoms with van der Waals surface area (Å²) in [6.45, 7) is 0. The summed E-state index contributed by atoms with van der Waals surface area (Å²) < 4.78 is 1.78. The first-order valence-corrected chi connectivity index (χ1v) is 9.39. The van der Waals surface area contributed by atoms with Gasteiger partial charge >= 0.3 is 0 Å². The molecule has 1 fully saturated rings. The standard InChI is InChI=1S/C19H21N7O2/c27-13-6-4-11(5-7-13)21-16-2-1-3-17-24-19(25-26(16)17)22-12-8-15-14(20-10-12)9-18(28)23-15/h1-3,8-11,13,21,23,27-28H,4-7H2,(H,22,25). The quantitative estimate of drug-likeness (QED) is 0.369. The van der Waals surface area contributed by atoms with E-state index in [1.54, 1.807) is 16.8 Å². The molecule has 4 aromatic heterocycles. The lowest BCUT2D eigenvalue weighted by atomic mass is 9.93. The van der Waals surface area contributed by atoms with Gasteiger partial charge in [0.05, 0.1) is 29.0 Å². The molecule has 9 nitrogen and oxygen atoms in total. The van der Waals surface area contributed by atoms with Gasteiger partial charge in [-0.1, -0.05) is 6.07 Å². The minimum absolute atomic E-state index is 0.0800. The van der Waals surface area contributed by atoms with Gasteiger partial charge in [-0.05, 0) is 43.9 Å². The van der Waals surface area contributed by atoms with Gasteiger partial charge in [-0.2, -0.15) is 9.50 Å². The van der Waals surface area contributed by atoms with E-state index in [9.17, 15) is 10.2 Å². The van der Waals surface area contributed by atoms with Crippen LogP contribution in [0.1, 0.15) is 25.7 Å². The summed E-state index contributed by atoms with van der Waals surface area (Å²) in [5.74, 6) is 1.42. The monoisotopic (exact) mass is 379 g/mol. The van der Waals surface area contributed by atoms with E-state index in [0.29, 0.717) is 17.5 Å². The average molecular weight is 379 g/mol. The predicted octanol–water partition coefficient (Wildman–Crippen LogP) is 2.77. The summed E-state index contributed by atoms with van der Waals surface area (Å²) in [5, 5.41) is 30.5. The number of fused-ring (bicyclic) bond motifs is 2. The Kier molecular flexibility index (Phi) is 4.01. The highest BCUT2D eigenvalue weighted by atomic mass is 16.3. The molecule has 0 saturated heterocycles. The van der Waals surface area contributed by atoms with Crippen LogP contribution in [0.25, 0.3) is 16.7 Å². The third kappa shape index (κ3) is 3.20. The van der Waals surface area contributed by atoms with Gasteiger partial charge in [-0.15, -0.1) is 5.10 Å². The SMILES string of the molecule is Oc1cc2ncc(Nc3nc4cccc(NC5CCC(O)CC5)n4n3)cc2[nH]1. The fraction of sp³-hybridized carbons (Fsp3) is 0.316. The molecule has 5 rings (SSSR count). The Morgan fingerprint density at radius 2 is 2.00 bits per heavy atom. The summed E-state index contributed by atoms with van der Waals surface area (Å²) >= 11 is 0. The minimum Gasteiger partial charge on any atom is -0.495 e. The Bertz CT molecular complexity index is 1130. The van der Waals surface area contributed by atoms with Crippen molar-refractivity contribution in [2.45, 2.75) is 37.8 Å². The number of aliphatic hydroxyl groups excluding tert-OH is 1. The van der Waals surface area contributed by atoms with Crippen LogP contribution in [-0.2, 0) is 0 Å². The van der Waals surface area contributed by atoms with Crippen LogP contribution in [0.3, 0.4) is 0 Å². The third-order valence-corrected chi connectivity index (χ3v) is 5.12. The van der Waals surface area contributed by atoms with E-state index in [1.807, 2.05) is 24.3 Å². The van der Waals surface area contributed by atoms with Crippen LogP contribution in [0.15, 0.2) is 36.5 Å². The molecule has 0 radical (unpaired) electrons. The molecule has 0 spiro atoms. The Morgan fingerprint density at radius 1 is 1.14 bits per heavy atom. The van der Waals surface area contributed by atoms with Crippen molar-refractivity contribution in [3.63, 3.8) is 0 Å². The van der Waals surface area contributed by atoms with E-state index in [2.05, 4.69) is 30.7 Å². The van der Waals surface area contributed by atoms with Gasteiger partial charge in [-0.3, -0.25) is 4.98 Å². The zero-order valence-electron chi connectivity index (χ0n) is 15.1. The van der Waals surface area contributed by atoms with Crippen molar-refractivity contribution in [3.8, 4) is 5.88 Å². The Hall–Kier alpha value is -3.33. The average Bonchev–Trinajstić information content (AvgIpc) is 3.26. The summed E-state index contributed by atoms with van der Waals surface area (Å²) in [7, 11) is 0. The van der Waals surface area contributed by atoms with Crippen molar-refractivity contribution in [1.29, 1.82) is 0 Å². The molecule has 4 heterocycles. The van der Waals surface area contributed by atoms with Crippen LogP contribution in [0.2, 0.25) is 0 Å². The molecule has 1 aliphatic carbocycles. The molecule has 144 valence electrons. The second-order valence-corrected chi connectivity index (χ2v) is 7.20. The van der Waals surface area contributed by atoms with Gasteiger partial charge in [0.25, 0.3) is 0 Å². The lowest BCUT2D eigenvalue weighted by Gasteiger charge is -2.26. The molecule has 9 heteroatoms. The van der Waals surface area contributed by atoms with Crippen LogP contribution < -0.4 is 10.6 Å². The number of rotatable bonds is 4. The molecule has 1 aliphatic rings. The number of hydrogen-bond acceptors (Lipinski definition) is 7. The van der Waals surface area contributed by atoms with E-state index < -0.39 is 0 Å². The van der Waals surface area contributed by atoms with E-state index in [0.717, 1.165) is 48.4 Å². The number of anilines is 3. The second-order valence-electron chi connectivity index (χ2n) is 7.20. The number of aromatic nitrogens is 5.